The Bertz CT molecular complexity index is 642. The Hall–Kier alpha value is -2.16. The molecule has 0 atom stereocenters. The summed E-state index contributed by atoms with van der Waals surface area (Å²) in [7, 11) is -3.50. The number of rotatable bonds is 7. The van der Waals surface area contributed by atoms with Gasteiger partial charge in [0.15, 0.2) is 9.84 Å². The largest absolute Gasteiger partial charge is 0.378 e. The van der Waals surface area contributed by atoms with Gasteiger partial charge in [0.2, 0.25) is 5.91 Å². The maximum Gasteiger partial charge on any atom is 0.293 e. The number of nitro groups is 1. The molecular formula is C12H17N3O5S. The molecule has 0 aliphatic heterocycles. The molecule has 0 bridgehead atoms. The van der Waals surface area contributed by atoms with E-state index in [0.29, 0.717) is 19.5 Å². The van der Waals surface area contributed by atoms with Crippen LogP contribution in [0.2, 0.25) is 0 Å². The molecule has 0 saturated carbocycles. The minimum Gasteiger partial charge on any atom is -0.378 e. The van der Waals surface area contributed by atoms with Crippen molar-refractivity contribution < 1.29 is 18.1 Å². The number of sulfone groups is 1. The number of carbonyl (C=O) groups is 1. The lowest BCUT2D eigenvalue weighted by molar-refractivity contribution is -0.384. The highest BCUT2D eigenvalue weighted by atomic mass is 32.2. The third-order valence-electron chi connectivity index (χ3n) is 2.68. The molecule has 0 spiro atoms. The smallest absolute Gasteiger partial charge is 0.293 e. The number of hydrogen-bond acceptors (Lipinski definition) is 6. The first-order chi connectivity index (χ1) is 9.75. The SMILES string of the molecule is CCC(=O)NCCNc1ccc(S(C)(=O)=O)cc1[N+](=O)[O-]. The minimum atomic E-state index is -3.50. The fourth-order valence-electron chi connectivity index (χ4n) is 1.57. The van der Waals surface area contributed by atoms with Gasteiger partial charge < -0.3 is 10.6 Å². The predicted molar refractivity (Wildman–Crippen MR) is 78.0 cm³/mol. The highest BCUT2D eigenvalue weighted by Crippen LogP contribution is 2.27. The standard InChI is InChI=1S/C12H17N3O5S/c1-3-12(16)14-7-6-13-10-5-4-9(21(2,19)20)8-11(10)15(17)18/h4-5,8,13H,3,6-7H2,1-2H3,(H,14,16). The fourth-order valence-corrected chi connectivity index (χ4v) is 2.21. The first-order valence-electron chi connectivity index (χ1n) is 6.24. The minimum absolute atomic E-state index is 0.112. The van der Waals surface area contributed by atoms with Crippen LogP contribution in [0.5, 0.6) is 0 Å². The first-order valence-corrected chi connectivity index (χ1v) is 8.14. The van der Waals surface area contributed by atoms with Crippen LogP contribution in [0, 0.1) is 10.1 Å². The molecule has 9 heteroatoms. The van der Waals surface area contributed by atoms with Crippen molar-refractivity contribution in [3.8, 4) is 0 Å². The van der Waals surface area contributed by atoms with E-state index in [1.807, 2.05) is 0 Å². The van der Waals surface area contributed by atoms with Gasteiger partial charge in [-0.2, -0.15) is 0 Å². The molecular weight excluding hydrogens is 298 g/mol. The summed E-state index contributed by atoms with van der Waals surface area (Å²) in [6.07, 6.45) is 1.35. The van der Waals surface area contributed by atoms with Crippen molar-refractivity contribution in [1.29, 1.82) is 0 Å². The number of amides is 1. The predicted octanol–water partition coefficient (Wildman–Crippen LogP) is 0.936. The van der Waals surface area contributed by atoms with Crippen LogP contribution in [-0.4, -0.2) is 38.6 Å². The van der Waals surface area contributed by atoms with Crippen LogP contribution in [0.3, 0.4) is 0 Å². The highest BCUT2D eigenvalue weighted by molar-refractivity contribution is 7.90. The average molecular weight is 315 g/mol. The van der Waals surface area contributed by atoms with Gasteiger partial charge in [-0.3, -0.25) is 14.9 Å². The zero-order chi connectivity index (χ0) is 16.0. The van der Waals surface area contributed by atoms with Gasteiger partial charge in [-0.05, 0) is 12.1 Å². The Labute approximate surface area is 122 Å². The third kappa shape index (κ3) is 5.03. The lowest BCUT2D eigenvalue weighted by Gasteiger charge is -2.09. The summed E-state index contributed by atoms with van der Waals surface area (Å²) >= 11 is 0. The van der Waals surface area contributed by atoms with Crippen LogP contribution >= 0.6 is 0 Å². The molecule has 0 heterocycles. The van der Waals surface area contributed by atoms with Crippen molar-refractivity contribution in [1.82, 2.24) is 5.32 Å². The number of nitro benzene ring substituents is 1. The van der Waals surface area contributed by atoms with Crippen molar-refractivity contribution in [2.24, 2.45) is 0 Å². The molecule has 8 nitrogen and oxygen atoms in total. The van der Waals surface area contributed by atoms with Crippen molar-refractivity contribution in [2.45, 2.75) is 18.2 Å². The molecule has 1 aromatic carbocycles. The molecule has 0 aliphatic carbocycles. The molecule has 21 heavy (non-hydrogen) atoms. The van der Waals surface area contributed by atoms with Gasteiger partial charge in [0.1, 0.15) is 5.69 Å². The Morgan fingerprint density at radius 2 is 2.00 bits per heavy atom. The third-order valence-corrected chi connectivity index (χ3v) is 3.79. The molecule has 0 aromatic heterocycles. The van der Waals surface area contributed by atoms with Crippen molar-refractivity contribution in [2.75, 3.05) is 24.7 Å². The van der Waals surface area contributed by atoms with Crippen LogP contribution < -0.4 is 10.6 Å². The van der Waals surface area contributed by atoms with Crippen LogP contribution in [0.4, 0.5) is 11.4 Å². The Morgan fingerprint density at radius 3 is 2.52 bits per heavy atom. The van der Waals surface area contributed by atoms with Gasteiger partial charge in [-0.1, -0.05) is 6.92 Å². The van der Waals surface area contributed by atoms with Gasteiger partial charge in [0.05, 0.1) is 9.82 Å². The highest BCUT2D eigenvalue weighted by Gasteiger charge is 2.18. The maximum atomic E-state index is 11.4. The van der Waals surface area contributed by atoms with Gasteiger partial charge in [0.25, 0.3) is 5.69 Å². The van der Waals surface area contributed by atoms with E-state index >= 15 is 0 Å². The lowest BCUT2D eigenvalue weighted by atomic mass is 10.2. The van der Waals surface area contributed by atoms with Gasteiger partial charge in [0, 0.05) is 31.8 Å². The Balaban J connectivity index is 2.83. The average Bonchev–Trinajstić information content (AvgIpc) is 2.41. The number of carbonyl (C=O) groups excluding carboxylic acids is 1. The number of anilines is 1. The van der Waals surface area contributed by atoms with Crippen LogP contribution in [-0.2, 0) is 14.6 Å². The zero-order valence-electron chi connectivity index (χ0n) is 11.8. The summed E-state index contributed by atoms with van der Waals surface area (Å²) in [5, 5.41) is 16.4. The van der Waals surface area contributed by atoms with E-state index in [9.17, 15) is 23.3 Å². The summed E-state index contributed by atoms with van der Waals surface area (Å²) < 4.78 is 22.8. The van der Waals surface area contributed by atoms with Crippen LogP contribution in [0.1, 0.15) is 13.3 Å². The molecule has 0 saturated heterocycles. The number of nitrogens with one attached hydrogen (secondary N) is 2. The Morgan fingerprint density at radius 1 is 1.33 bits per heavy atom. The molecule has 1 aromatic rings. The van der Waals surface area contributed by atoms with Gasteiger partial charge >= 0.3 is 0 Å². The molecule has 0 aliphatic rings. The topological polar surface area (TPSA) is 118 Å². The lowest BCUT2D eigenvalue weighted by Crippen LogP contribution is -2.28. The molecule has 1 rings (SSSR count). The zero-order valence-corrected chi connectivity index (χ0v) is 12.6. The van der Waals surface area contributed by atoms with Gasteiger partial charge in [-0.25, -0.2) is 8.42 Å². The molecule has 0 unspecified atom stereocenters. The van der Waals surface area contributed by atoms with E-state index in [0.717, 1.165) is 12.3 Å². The number of benzene rings is 1. The molecule has 2 N–H and O–H groups in total. The maximum absolute atomic E-state index is 11.4. The van der Waals surface area contributed by atoms with Gasteiger partial charge in [-0.15, -0.1) is 0 Å². The summed E-state index contributed by atoms with van der Waals surface area (Å²) in [4.78, 5) is 21.3. The van der Waals surface area contributed by atoms with E-state index < -0.39 is 14.8 Å². The summed E-state index contributed by atoms with van der Waals surface area (Å²) in [5.41, 5.74) is -0.113. The van der Waals surface area contributed by atoms with E-state index in [2.05, 4.69) is 10.6 Å². The molecule has 0 fully saturated rings. The monoisotopic (exact) mass is 315 g/mol. The van der Waals surface area contributed by atoms with Crippen molar-refractivity contribution in [3.63, 3.8) is 0 Å². The fraction of sp³-hybridized carbons (Fsp3) is 0.417. The van der Waals surface area contributed by atoms with E-state index in [4.69, 9.17) is 0 Å². The van der Waals surface area contributed by atoms with E-state index in [1.165, 1.54) is 12.1 Å². The number of hydrogen-bond donors (Lipinski definition) is 2. The summed E-state index contributed by atoms with van der Waals surface area (Å²) in [5.74, 6) is -0.112. The summed E-state index contributed by atoms with van der Waals surface area (Å²) in [6.45, 7) is 2.33. The quantitative estimate of drug-likeness (QED) is 0.439. The Kier molecular flexibility index (Phi) is 5.65. The first kappa shape index (κ1) is 16.9. The van der Waals surface area contributed by atoms with Crippen LogP contribution in [0.25, 0.3) is 0 Å². The molecule has 1 amide bonds. The summed E-state index contributed by atoms with van der Waals surface area (Å²) in [6, 6.07) is 3.66. The van der Waals surface area contributed by atoms with Crippen molar-refractivity contribution >= 4 is 27.1 Å². The molecule has 0 radical (unpaired) electrons. The van der Waals surface area contributed by atoms with Crippen molar-refractivity contribution in [3.05, 3.63) is 28.3 Å². The second-order valence-corrected chi connectivity index (χ2v) is 6.35. The van der Waals surface area contributed by atoms with E-state index in [-0.39, 0.29) is 22.2 Å². The molecule has 116 valence electrons. The number of nitrogens with zero attached hydrogens (tertiary/aromatic N) is 1. The second kappa shape index (κ2) is 7.02. The van der Waals surface area contributed by atoms with Crippen LogP contribution in [0.15, 0.2) is 23.1 Å². The normalized spacial score (nSPS) is 11.0. The second-order valence-electron chi connectivity index (χ2n) is 4.34. The van der Waals surface area contributed by atoms with E-state index in [1.54, 1.807) is 6.92 Å².